The maximum absolute atomic E-state index is 12.2. The first-order chi connectivity index (χ1) is 11.5. The zero-order valence-electron chi connectivity index (χ0n) is 13.9. The van der Waals surface area contributed by atoms with Crippen LogP contribution in [0, 0.1) is 6.92 Å². The number of aromatic nitrogens is 2. The summed E-state index contributed by atoms with van der Waals surface area (Å²) < 4.78 is 0. The van der Waals surface area contributed by atoms with Crippen LogP contribution in [-0.4, -0.2) is 41.4 Å². The summed E-state index contributed by atoms with van der Waals surface area (Å²) in [6, 6.07) is 0.244. The van der Waals surface area contributed by atoms with E-state index in [-0.39, 0.29) is 22.7 Å². The third kappa shape index (κ3) is 3.83. The first kappa shape index (κ1) is 17.1. The predicted molar refractivity (Wildman–Crippen MR) is 93.8 cm³/mol. The number of amides is 2. The highest BCUT2D eigenvalue weighted by Crippen LogP contribution is 2.28. The molecule has 1 saturated carbocycles. The minimum atomic E-state index is -0.385. The summed E-state index contributed by atoms with van der Waals surface area (Å²) in [5.41, 5.74) is 0.966. The Morgan fingerprint density at radius 1 is 1.21 bits per heavy atom. The van der Waals surface area contributed by atoms with Crippen LogP contribution in [0.1, 0.15) is 44.2 Å². The smallest absolute Gasteiger partial charge is 0.315 e. The van der Waals surface area contributed by atoms with Crippen LogP contribution in [0.5, 0.6) is 0 Å². The van der Waals surface area contributed by atoms with Gasteiger partial charge in [-0.2, -0.15) is 5.10 Å². The summed E-state index contributed by atoms with van der Waals surface area (Å²) in [6.45, 7) is 3.18. The van der Waals surface area contributed by atoms with Crippen LogP contribution in [0.4, 0.5) is 10.5 Å². The van der Waals surface area contributed by atoms with Gasteiger partial charge in [0, 0.05) is 25.2 Å². The summed E-state index contributed by atoms with van der Waals surface area (Å²) >= 11 is 6.14. The molecular formula is C16H24ClN5O2. The van der Waals surface area contributed by atoms with Crippen molar-refractivity contribution in [2.45, 2.75) is 57.5 Å². The molecule has 8 heteroatoms. The molecular weight excluding hydrogens is 330 g/mol. The number of anilines is 1. The predicted octanol–water partition coefficient (Wildman–Crippen LogP) is 1.94. The van der Waals surface area contributed by atoms with Crippen LogP contribution >= 0.6 is 11.6 Å². The van der Waals surface area contributed by atoms with Gasteiger partial charge in [0.1, 0.15) is 5.02 Å². The van der Waals surface area contributed by atoms with Gasteiger partial charge in [-0.1, -0.05) is 30.9 Å². The van der Waals surface area contributed by atoms with Gasteiger partial charge in [-0.25, -0.2) is 9.89 Å². The standard InChI is InChI=1S/C16H24ClN5O2/c1-10-14(13(17)15(23)21-20-10)22-8-7-12(9-22)19-16(24)18-11-5-3-2-4-6-11/h11-12H,2-9H2,1H3,(H,21,23)(H2,18,19,24)/t12-/m1/s1. The molecule has 2 fully saturated rings. The molecule has 0 bridgehead atoms. The number of nitrogens with one attached hydrogen (secondary N) is 3. The fraction of sp³-hybridized carbons (Fsp3) is 0.688. The molecule has 0 aromatic carbocycles. The molecule has 1 aromatic heterocycles. The summed E-state index contributed by atoms with van der Waals surface area (Å²) in [6.07, 6.45) is 6.60. The van der Waals surface area contributed by atoms with E-state index in [9.17, 15) is 9.59 Å². The van der Waals surface area contributed by atoms with E-state index in [1.807, 2.05) is 11.8 Å². The second-order valence-electron chi connectivity index (χ2n) is 6.69. The third-order valence-electron chi connectivity index (χ3n) is 4.86. The average Bonchev–Trinajstić information content (AvgIpc) is 3.00. The van der Waals surface area contributed by atoms with E-state index in [0.29, 0.717) is 24.0 Å². The number of hydrogen-bond acceptors (Lipinski definition) is 4. The maximum Gasteiger partial charge on any atom is 0.315 e. The first-order valence-electron chi connectivity index (χ1n) is 8.61. The van der Waals surface area contributed by atoms with Crippen molar-refractivity contribution >= 4 is 23.3 Å². The Morgan fingerprint density at radius 3 is 2.67 bits per heavy atom. The monoisotopic (exact) mass is 353 g/mol. The van der Waals surface area contributed by atoms with E-state index < -0.39 is 0 Å². The Bertz CT molecular complexity index is 656. The lowest BCUT2D eigenvalue weighted by Crippen LogP contribution is -2.47. The Kier molecular flexibility index (Phi) is 5.28. The van der Waals surface area contributed by atoms with E-state index >= 15 is 0 Å². The molecule has 7 nitrogen and oxygen atoms in total. The number of rotatable bonds is 3. The fourth-order valence-corrected chi connectivity index (χ4v) is 3.91. The normalized spacial score (nSPS) is 21.8. The van der Waals surface area contributed by atoms with Crippen molar-refractivity contribution in [1.29, 1.82) is 0 Å². The molecule has 0 radical (unpaired) electrons. The van der Waals surface area contributed by atoms with Crippen molar-refractivity contribution in [3.8, 4) is 0 Å². The van der Waals surface area contributed by atoms with E-state index in [1.165, 1.54) is 19.3 Å². The molecule has 0 spiro atoms. The Morgan fingerprint density at radius 2 is 1.92 bits per heavy atom. The molecule has 2 aliphatic rings. The van der Waals surface area contributed by atoms with Gasteiger partial charge in [0.25, 0.3) is 5.56 Å². The SMILES string of the molecule is Cc1n[nH]c(=O)c(Cl)c1N1CC[C@@H](NC(=O)NC2CCCCC2)C1. The van der Waals surface area contributed by atoms with Crippen LogP contribution in [0.25, 0.3) is 0 Å². The van der Waals surface area contributed by atoms with Crippen LogP contribution < -0.4 is 21.1 Å². The molecule has 3 N–H and O–H groups in total. The van der Waals surface area contributed by atoms with Crippen LogP contribution in [0.3, 0.4) is 0 Å². The largest absolute Gasteiger partial charge is 0.367 e. The lowest BCUT2D eigenvalue weighted by molar-refractivity contribution is 0.229. The summed E-state index contributed by atoms with van der Waals surface area (Å²) in [7, 11) is 0. The number of aryl methyl sites for hydroxylation is 1. The van der Waals surface area contributed by atoms with Gasteiger partial charge in [0.2, 0.25) is 0 Å². The molecule has 132 valence electrons. The quantitative estimate of drug-likeness (QED) is 0.774. The van der Waals surface area contributed by atoms with Crippen LogP contribution in [-0.2, 0) is 0 Å². The molecule has 24 heavy (non-hydrogen) atoms. The number of carbonyl (C=O) groups excluding carboxylic acids is 1. The first-order valence-corrected chi connectivity index (χ1v) is 8.99. The van der Waals surface area contributed by atoms with Gasteiger partial charge < -0.3 is 15.5 Å². The Labute approximate surface area is 146 Å². The molecule has 2 heterocycles. The van der Waals surface area contributed by atoms with E-state index in [2.05, 4.69) is 20.8 Å². The van der Waals surface area contributed by atoms with Crippen LogP contribution in [0.2, 0.25) is 5.02 Å². The van der Waals surface area contributed by atoms with Gasteiger partial charge in [0.05, 0.1) is 11.4 Å². The van der Waals surface area contributed by atoms with Gasteiger partial charge in [-0.15, -0.1) is 0 Å². The fourth-order valence-electron chi connectivity index (χ4n) is 3.61. The summed E-state index contributed by atoms with van der Waals surface area (Å²) in [4.78, 5) is 25.9. The molecule has 1 aromatic rings. The number of H-pyrrole nitrogens is 1. The molecule has 1 atom stereocenters. The Balaban J connectivity index is 1.57. The van der Waals surface area contributed by atoms with Crippen molar-refractivity contribution in [2.24, 2.45) is 0 Å². The molecule has 1 aliphatic carbocycles. The summed E-state index contributed by atoms with van der Waals surface area (Å²) in [5, 5.41) is 12.6. The average molecular weight is 354 g/mol. The molecule has 2 amide bonds. The molecule has 1 aliphatic heterocycles. The maximum atomic E-state index is 12.2. The lowest BCUT2D eigenvalue weighted by Gasteiger charge is -2.24. The second kappa shape index (κ2) is 7.42. The second-order valence-corrected chi connectivity index (χ2v) is 7.06. The third-order valence-corrected chi connectivity index (χ3v) is 5.21. The summed E-state index contributed by atoms with van der Waals surface area (Å²) in [5.74, 6) is 0. The molecule has 1 saturated heterocycles. The van der Waals surface area contributed by atoms with Crippen molar-refractivity contribution in [3.63, 3.8) is 0 Å². The van der Waals surface area contributed by atoms with Crippen molar-refractivity contribution in [1.82, 2.24) is 20.8 Å². The van der Waals surface area contributed by atoms with E-state index in [0.717, 1.165) is 25.8 Å². The zero-order valence-corrected chi connectivity index (χ0v) is 14.7. The van der Waals surface area contributed by atoms with Crippen molar-refractivity contribution in [2.75, 3.05) is 18.0 Å². The van der Waals surface area contributed by atoms with Gasteiger partial charge in [0.15, 0.2) is 0 Å². The highest BCUT2D eigenvalue weighted by atomic mass is 35.5. The van der Waals surface area contributed by atoms with E-state index in [1.54, 1.807) is 0 Å². The van der Waals surface area contributed by atoms with Gasteiger partial charge in [-0.05, 0) is 26.2 Å². The Hall–Kier alpha value is -1.76. The van der Waals surface area contributed by atoms with Crippen molar-refractivity contribution < 1.29 is 4.79 Å². The lowest BCUT2D eigenvalue weighted by atomic mass is 9.96. The number of halogens is 1. The van der Waals surface area contributed by atoms with E-state index in [4.69, 9.17) is 11.6 Å². The topological polar surface area (TPSA) is 90.1 Å². The number of hydrogen-bond donors (Lipinski definition) is 3. The number of nitrogens with zero attached hydrogens (tertiary/aromatic N) is 2. The minimum Gasteiger partial charge on any atom is -0.367 e. The number of aromatic amines is 1. The number of urea groups is 1. The highest BCUT2D eigenvalue weighted by Gasteiger charge is 2.28. The van der Waals surface area contributed by atoms with Gasteiger partial charge in [-0.3, -0.25) is 4.79 Å². The van der Waals surface area contributed by atoms with Crippen LogP contribution in [0.15, 0.2) is 4.79 Å². The van der Waals surface area contributed by atoms with Gasteiger partial charge >= 0.3 is 6.03 Å². The number of carbonyl (C=O) groups is 1. The zero-order chi connectivity index (χ0) is 17.1. The molecule has 3 rings (SSSR count). The van der Waals surface area contributed by atoms with Crippen molar-refractivity contribution in [3.05, 3.63) is 21.1 Å². The minimum absolute atomic E-state index is 0.0448. The molecule has 0 unspecified atom stereocenters. The highest BCUT2D eigenvalue weighted by molar-refractivity contribution is 6.33.